The normalized spacial score (nSPS) is 9.93. The molecule has 0 aliphatic rings. The van der Waals surface area contributed by atoms with Gasteiger partial charge in [0.15, 0.2) is 6.29 Å². The summed E-state index contributed by atoms with van der Waals surface area (Å²) in [7, 11) is 1.63. The van der Waals surface area contributed by atoms with Crippen LogP contribution in [0.3, 0.4) is 0 Å². The molecule has 0 unspecified atom stereocenters. The molecule has 2 rings (SSSR count). The highest BCUT2D eigenvalue weighted by Gasteiger charge is 2.06. The van der Waals surface area contributed by atoms with Crippen molar-refractivity contribution in [2.24, 2.45) is 0 Å². The molecule has 2 aromatic rings. The van der Waals surface area contributed by atoms with Gasteiger partial charge in [0.25, 0.3) is 0 Å². The second kappa shape index (κ2) is 4.28. The second-order valence-electron chi connectivity index (χ2n) is 3.05. The van der Waals surface area contributed by atoms with Crippen molar-refractivity contribution in [2.45, 2.75) is 0 Å². The zero-order valence-electron chi connectivity index (χ0n) is 8.27. The van der Waals surface area contributed by atoms with Gasteiger partial charge in [-0.1, -0.05) is 12.1 Å². The standard InChI is InChI=1S/C12H10O2S/c1-14-11-4-2-3-9(7-11)12-10(8-13)5-6-15-12/h2-8H,1H3. The summed E-state index contributed by atoms with van der Waals surface area (Å²) in [6, 6.07) is 9.53. The first-order chi connectivity index (χ1) is 7.35. The maximum atomic E-state index is 10.8. The molecule has 0 saturated heterocycles. The maximum Gasteiger partial charge on any atom is 0.151 e. The minimum Gasteiger partial charge on any atom is -0.497 e. The highest BCUT2D eigenvalue weighted by molar-refractivity contribution is 7.14. The molecule has 0 atom stereocenters. The van der Waals surface area contributed by atoms with E-state index in [1.807, 2.05) is 35.7 Å². The second-order valence-corrected chi connectivity index (χ2v) is 3.97. The van der Waals surface area contributed by atoms with Crippen molar-refractivity contribution in [2.75, 3.05) is 7.11 Å². The van der Waals surface area contributed by atoms with Crippen LogP contribution in [0.1, 0.15) is 10.4 Å². The third-order valence-electron chi connectivity index (χ3n) is 2.15. The van der Waals surface area contributed by atoms with E-state index < -0.39 is 0 Å². The van der Waals surface area contributed by atoms with Gasteiger partial charge < -0.3 is 4.74 Å². The zero-order valence-corrected chi connectivity index (χ0v) is 9.08. The van der Waals surface area contributed by atoms with Crippen LogP contribution < -0.4 is 4.74 Å². The van der Waals surface area contributed by atoms with Gasteiger partial charge in [0, 0.05) is 10.4 Å². The Morgan fingerprint density at radius 2 is 2.20 bits per heavy atom. The number of carbonyl (C=O) groups excluding carboxylic acids is 1. The third-order valence-corrected chi connectivity index (χ3v) is 3.13. The van der Waals surface area contributed by atoms with Gasteiger partial charge in [0.2, 0.25) is 0 Å². The van der Waals surface area contributed by atoms with Gasteiger partial charge in [0.1, 0.15) is 5.75 Å². The molecule has 0 radical (unpaired) electrons. The smallest absolute Gasteiger partial charge is 0.151 e. The molecule has 0 aliphatic carbocycles. The number of rotatable bonds is 3. The van der Waals surface area contributed by atoms with E-state index >= 15 is 0 Å². The first-order valence-corrected chi connectivity index (χ1v) is 5.40. The van der Waals surface area contributed by atoms with E-state index in [1.54, 1.807) is 18.4 Å². The molecule has 0 saturated carbocycles. The fourth-order valence-electron chi connectivity index (χ4n) is 1.41. The molecule has 76 valence electrons. The lowest BCUT2D eigenvalue weighted by molar-refractivity contribution is 0.112. The Bertz CT molecular complexity index is 474. The fraction of sp³-hybridized carbons (Fsp3) is 0.0833. The highest BCUT2D eigenvalue weighted by atomic mass is 32.1. The van der Waals surface area contributed by atoms with E-state index in [0.717, 1.165) is 28.0 Å². The van der Waals surface area contributed by atoms with Crippen molar-refractivity contribution >= 4 is 17.6 Å². The van der Waals surface area contributed by atoms with Gasteiger partial charge in [-0.05, 0) is 29.1 Å². The number of hydrogen-bond acceptors (Lipinski definition) is 3. The Morgan fingerprint density at radius 3 is 2.93 bits per heavy atom. The summed E-state index contributed by atoms with van der Waals surface area (Å²) in [5.74, 6) is 0.803. The zero-order chi connectivity index (χ0) is 10.7. The van der Waals surface area contributed by atoms with Gasteiger partial charge in [-0.3, -0.25) is 4.79 Å². The number of ether oxygens (including phenoxy) is 1. The summed E-state index contributed by atoms with van der Waals surface area (Å²) < 4.78 is 5.14. The Morgan fingerprint density at radius 1 is 1.33 bits per heavy atom. The van der Waals surface area contributed by atoms with E-state index in [2.05, 4.69) is 0 Å². The van der Waals surface area contributed by atoms with E-state index in [-0.39, 0.29) is 0 Å². The van der Waals surface area contributed by atoms with Crippen molar-refractivity contribution in [3.05, 3.63) is 41.3 Å². The topological polar surface area (TPSA) is 26.3 Å². The number of methoxy groups -OCH3 is 1. The van der Waals surface area contributed by atoms with E-state index in [4.69, 9.17) is 4.74 Å². The first kappa shape index (κ1) is 9.93. The van der Waals surface area contributed by atoms with Crippen LogP contribution in [0.5, 0.6) is 5.75 Å². The summed E-state index contributed by atoms with van der Waals surface area (Å²) in [6.45, 7) is 0. The van der Waals surface area contributed by atoms with E-state index in [0.29, 0.717) is 0 Å². The van der Waals surface area contributed by atoms with Crippen molar-refractivity contribution in [3.8, 4) is 16.2 Å². The molecular weight excluding hydrogens is 208 g/mol. The lowest BCUT2D eigenvalue weighted by Gasteiger charge is -2.02. The maximum absolute atomic E-state index is 10.8. The summed E-state index contributed by atoms with van der Waals surface area (Å²) in [4.78, 5) is 11.8. The molecule has 3 heteroatoms. The van der Waals surface area contributed by atoms with Crippen LogP contribution in [0.2, 0.25) is 0 Å². The molecule has 0 fully saturated rings. The predicted octanol–water partition coefficient (Wildman–Crippen LogP) is 3.24. The molecule has 0 amide bonds. The molecular formula is C12H10O2S. The summed E-state index contributed by atoms with van der Waals surface area (Å²) in [5.41, 5.74) is 1.75. The van der Waals surface area contributed by atoms with E-state index in [9.17, 15) is 4.79 Å². The Balaban J connectivity index is 2.48. The molecule has 0 spiro atoms. The summed E-state index contributed by atoms with van der Waals surface area (Å²) in [5, 5.41) is 1.92. The van der Waals surface area contributed by atoms with Crippen LogP contribution in [0, 0.1) is 0 Å². The van der Waals surface area contributed by atoms with Gasteiger partial charge in [-0.2, -0.15) is 0 Å². The van der Waals surface area contributed by atoms with Gasteiger partial charge >= 0.3 is 0 Å². The average molecular weight is 218 g/mol. The molecule has 0 N–H and O–H groups in total. The molecule has 0 aliphatic heterocycles. The predicted molar refractivity (Wildman–Crippen MR) is 61.7 cm³/mol. The average Bonchev–Trinajstić information content (AvgIpc) is 2.77. The van der Waals surface area contributed by atoms with Crippen LogP contribution in [0.4, 0.5) is 0 Å². The minimum absolute atomic E-state index is 0.730. The lowest BCUT2D eigenvalue weighted by Crippen LogP contribution is -1.84. The SMILES string of the molecule is COc1cccc(-c2sccc2C=O)c1. The Labute approximate surface area is 92.1 Å². The van der Waals surface area contributed by atoms with Crippen LogP contribution in [0.15, 0.2) is 35.7 Å². The lowest BCUT2D eigenvalue weighted by atomic mass is 10.1. The Hall–Kier alpha value is -1.61. The monoisotopic (exact) mass is 218 g/mol. The quantitative estimate of drug-likeness (QED) is 0.739. The molecule has 1 aromatic heterocycles. The summed E-state index contributed by atoms with van der Waals surface area (Å²) in [6.07, 6.45) is 0.880. The fourth-order valence-corrected chi connectivity index (χ4v) is 2.28. The van der Waals surface area contributed by atoms with Crippen LogP contribution in [0.25, 0.3) is 10.4 Å². The number of carbonyl (C=O) groups is 1. The van der Waals surface area contributed by atoms with Gasteiger partial charge in [-0.15, -0.1) is 11.3 Å². The van der Waals surface area contributed by atoms with Crippen LogP contribution in [-0.2, 0) is 0 Å². The first-order valence-electron chi connectivity index (χ1n) is 4.52. The Kier molecular flexibility index (Phi) is 2.83. The number of benzene rings is 1. The number of hydrogen-bond donors (Lipinski definition) is 0. The van der Waals surface area contributed by atoms with Crippen LogP contribution in [-0.4, -0.2) is 13.4 Å². The molecule has 1 aromatic carbocycles. The number of aldehydes is 1. The van der Waals surface area contributed by atoms with Gasteiger partial charge in [-0.25, -0.2) is 0 Å². The van der Waals surface area contributed by atoms with Crippen molar-refractivity contribution in [1.82, 2.24) is 0 Å². The third kappa shape index (κ3) is 1.92. The molecule has 0 bridgehead atoms. The van der Waals surface area contributed by atoms with E-state index in [1.165, 1.54) is 0 Å². The molecule has 2 nitrogen and oxygen atoms in total. The summed E-state index contributed by atoms with van der Waals surface area (Å²) >= 11 is 1.56. The largest absolute Gasteiger partial charge is 0.497 e. The van der Waals surface area contributed by atoms with Crippen molar-refractivity contribution in [1.29, 1.82) is 0 Å². The number of thiophene rings is 1. The van der Waals surface area contributed by atoms with Gasteiger partial charge in [0.05, 0.1) is 7.11 Å². The van der Waals surface area contributed by atoms with Crippen LogP contribution >= 0.6 is 11.3 Å². The molecule has 15 heavy (non-hydrogen) atoms. The highest BCUT2D eigenvalue weighted by Crippen LogP contribution is 2.30. The molecule has 1 heterocycles. The van der Waals surface area contributed by atoms with Crippen molar-refractivity contribution in [3.63, 3.8) is 0 Å². The minimum atomic E-state index is 0.730. The van der Waals surface area contributed by atoms with Crippen molar-refractivity contribution < 1.29 is 9.53 Å².